The largest absolute Gasteiger partial charge is 0.335 e. The third-order valence-corrected chi connectivity index (χ3v) is 6.76. The van der Waals surface area contributed by atoms with Crippen molar-refractivity contribution in [3.8, 4) is 0 Å². The number of hydrogen-bond donors (Lipinski definition) is 1. The van der Waals surface area contributed by atoms with Crippen LogP contribution in [0.4, 0.5) is 4.79 Å². The molecule has 124 valence electrons. The maximum Gasteiger partial charge on any atom is 0.317 e. The molecule has 1 aliphatic rings. The summed E-state index contributed by atoms with van der Waals surface area (Å²) in [6.07, 6.45) is 5.22. The van der Waals surface area contributed by atoms with Crippen molar-refractivity contribution in [3.05, 3.63) is 0 Å². The van der Waals surface area contributed by atoms with Crippen LogP contribution in [-0.2, 0) is 9.84 Å². The summed E-state index contributed by atoms with van der Waals surface area (Å²) in [5.74, 6) is 0.0688. The van der Waals surface area contributed by atoms with E-state index in [1.54, 1.807) is 11.8 Å². The minimum absolute atomic E-state index is 0.0688. The van der Waals surface area contributed by atoms with Crippen LogP contribution in [0.3, 0.4) is 0 Å². The van der Waals surface area contributed by atoms with Gasteiger partial charge in [-0.3, -0.25) is 0 Å². The van der Waals surface area contributed by atoms with Crippen LogP contribution in [0.15, 0.2) is 0 Å². The molecule has 0 bridgehead atoms. The molecule has 6 heteroatoms. The van der Waals surface area contributed by atoms with Crippen molar-refractivity contribution in [1.29, 1.82) is 0 Å². The normalized spacial score (nSPS) is 26.4. The first-order valence-electron chi connectivity index (χ1n) is 8.12. The van der Waals surface area contributed by atoms with Gasteiger partial charge in [-0.2, -0.15) is 0 Å². The summed E-state index contributed by atoms with van der Waals surface area (Å²) >= 11 is 0. The Morgan fingerprint density at radius 2 is 1.90 bits per heavy atom. The van der Waals surface area contributed by atoms with Crippen molar-refractivity contribution in [3.63, 3.8) is 0 Å². The van der Waals surface area contributed by atoms with E-state index >= 15 is 0 Å². The highest BCUT2D eigenvalue weighted by Gasteiger charge is 2.38. The third kappa shape index (κ3) is 4.87. The van der Waals surface area contributed by atoms with Crippen molar-refractivity contribution >= 4 is 15.9 Å². The molecule has 21 heavy (non-hydrogen) atoms. The summed E-state index contributed by atoms with van der Waals surface area (Å²) in [4.78, 5) is 14.1. The average Bonchev–Trinajstić information content (AvgIpc) is 2.42. The summed E-state index contributed by atoms with van der Waals surface area (Å²) in [5.41, 5.74) is 0. The Balaban J connectivity index is 2.65. The van der Waals surface area contributed by atoms with E-state index in [-0.39, 0.29) is 23.9 Å². The number of amides is 2. The van der Waals surface area contributed by atoms with Crippen LogP contribution in [0.2, 0.25) is 0 Å². The van der Waals surface area contributed by atoms with Gasteiger partial charge in [0.2, 0.25) is 0 Å². The van der Waals surface area contributed by atoms with Gasteiger partial charge in [-0.15, -0.1) is 0 Å². The lowest BCUT2D eigenvalue weighted by molar-refractivity contribution is 0.172. The highest BCUT2D eigenvalue weighted by Crippen LogP contribution is 2.19. The molecule has 2 amide bonds. The molecular formula is C15H30N2O3S. The van der Waals surface area contributed by atoms with E-state index in [0.29, 0.717) is 6.54 Å². The van der Waals surface area contributed by atoms with Gasteiger partial charge in [0.25, 0.3) is 0 Å². The van der Waals surface area contributed by atoms with Crippen LogP contribution in [0.25, 0.3) is 0 Å². The summed E-state index contributed by atoms with van der Waals surface area (Å²) in [7, 11) is -3.05. The van der Waals surface area contributed by atoms with Crippen molar-refractivity contribution in [2.75, 3.05) is 12.3 Å². The van der Waals surface area contributed by atoms with Crippen LogP contribution in [0, 0.1) is 0 Å². The summed E-state index contributed by atoms with van der Waals surface area (Å²) < 4.78 is 23.7. The Morgan fingerprint density at radius 3 is 2.48 bits per heavy atom. The molecule has 1 saturated heterocycles. The highest BCUT2D eigenvalue weighted by atomic mass is 32.2. The zero-order valence-corrected chi connectivity index (χ0v) is 14.6. The van der Waals surface area contributed by atoms with E-state index in [0.717, 1.165) is 32.1 Å². The molecule has 1 aliphatic heterocycles. The molecule has 3 atom stereocenters. The number of sulfone groups is 1. The van der Waals surface area contributed by atoms with Crippen LogP contribution in [-0.4, -0.2) is 49.0 Å². The minimum Gasteiger partial charge on any atom is -0.335 e. The van der Waals surface area contributed by atoms with Crippen molar-refractivity contribution < 1.29 is 13.2 Å². The molecule has 0 aromatic carbocycles. The number of rotatable bonds is 6. The summed E-state index contributed by atoms with van der Waals surface area (Å²) in [5, 5.41) is 2.60. The number of nitrogens with zero attached hydrogens (tertiary/aromatic N) is 1. The van der Waals surface area contributed by atoms with Crippen LogP contribution in [0.5, 0.6) is 0 Å². The van der Waals surface area contributed by atoms with Crippen LogP contribution >= 0.6 is 0 Å². The van der Waals surface area contributed by atoms with E-state index in [9.17, 15) is 13.2 Å². The number of nitrogens with one attached hydrogen (secondary N) is 1. The lowest BCUT2D eigenvalue weighted by Gasteiger charge is -2.38. The van der Waals surface area contributed by atoms with Crippen LogP contribution in [0.1, 0.15) is 59.8 Å². The highest BCUT2D eigenvalue weighted by molar-refractivity contribution is 7.92. The molecule has 0 saturated carbocycles. The lowest BCUT2D eigenvalue weighted by atomic mass is 10.1. The zero-order chi connectivity index (χ0) is 16.0. The molecular weight excluding hydrogens is 288 g/mol. The quantitative estimate of drug-likeness (QED) is 0.818. The molecule has 1 rings (SSSR count). The molecule has 1 heterocycles. The number of hydrogen-bond acceptors (Lipinski definition) is 3. The molecule has 0 spiro atoms. The predicted molar refractivity (Wildman–Crippen MR) is 86.2 cm³/mol. The second kappa shape index (κ2) is 8.01. The van der Waals surface area contributed by atoms with E-state index in [4.69, 9.17) is 0 Å². The fraction of sp³-hybridized carbons (Fsp3) is 0.933. The van der Waals surface area contributed by atoms with E-state index < -0.39 is 15.1 Å². The Bertz CT molecular complexity index is 436. The van der Waals surface area contributed by atoms with Gasteiger partial charge in [-0.05, 0) is 26.7 Å². The molecule has 0 aromatic rings. The molecule has 1 fully saturated rings. The first kappa shape index (κ1) is 18.3. The Kier molecular flexibility index (Phi) is 6.97. The second-order valence-corrected chi connectivity index (χ2v) is 8.56. The Hall–Kier alpha value is -0.780. The molecule has 5 nitrogen and oxygen atoms in total. The fourth-order valence-electron chi connectivity index (χ4n) is 2.80. The number of carbonyl (C=O) groups is 1. The van der Waals surface area contributed by atoms with E-state index in [1.165, 1.54) is 0 Å². The lowest BCUT2D eigenvalue weighted by Crippen LogP contribution is -2.58. The first-order valence-corrected chi connectivity index (χ1v) is 9.83. The average molecular weight is 318 g/mol. The van der Waals surface area contributed by atoms with Crippen molar-refractivity contribution in [1.82, 2.24) is 10.2 Å². The van der Waals surface area contributed by atoms with Gasteiger partial charge in [0, 0.05) is 18.6 Å². The fourth-order valence-corrected chi connectivity index (χ4v) is 4.37. The first-order chi connectivity index (χ1) is 9.83. The number of carbonyl (C=O) groups excluding carboxylic acids is 1. The molecule has 0 aliphatic carbocycles. The third-order valence-electron chi connectivity index (χ3n) is 4.49. The van der Waals surface area contributed by atoms with Gasteiger partial charge in [0.05, 0.1) is 11.0 Å². The van der Waals surface area contributed by atoms with Crippen molar-refractivity contribution in [2.24, 2.45) is 0 Å². The Labute approximate surface area is 129 Å². The standard InChI is InChI=1S/C15H30N2O3S/c1-5-7-9-14(8-6-2)16-15(18)17-10-11-21(19,20)13(4)12(17)3/h12-14H,5-11H2,1-4H3,(H,16,18)/t12-,13+,14-/m0/s1. The van der Waals surface area contributed by atoms with E-state index in [1.807, 2.05) is 6.92 Å². The molecule has 0 radical (unpaired) electrons. The predicted octanol–water partition coefficient (Wildman–Crippen LogP) is 2.56. The summed E-state index contributed by atoms with van der Waals surface area (Å²) in [6.45, 7) is 8.07. The smallest absolute Gasteiger partial charge is 0.317 e. The topological polar surface area (TPSA) is 66.5 Å². The second-order valence-electron chi connectivity index (χ2n) is 6.08. The van der Waals surface area contributed by atoms with E-state index in [2.05, 4.69) is 19.2 Å². The monoisotopic (exact) mass is 318 g/mol. The van der Waals surface area contributed by atoms with Gasteiger partial charge in [0.1, 0.15) is 0 Å². The molecule has 0 aromatic heterocycles. The SMILES string of the molecule is CCCC[C@H](CCC)NC(=O)N1CCS(=O)(=O)[C@H](C)[C@@H]1C. The van der Waals surface area contributed by atoms with Gasteiger partial charge < -0.3 is 10.2 Å². The van der Waals surface area contributed by atoms with Gasteiger partial charge in [-0.25, -0.2) is 13.2 Å². The molecule has 1 N–H and O–H groups in total. The maximum atomic E-state index is 12.4. The molecule has 0 unspecified atom stereocenters. The van der Waals surface area contributed by atoms with Crippen molar-refractivity contribution in [2.45, 2.75) is 77.1 Å². The summed E-state index contributed by atoms with van der Waals surface area (Å²) in [6, 6.07) is -0.181. The maximum absolute atomic E-state index is 12.4. The van der Waals surface area contributed by atoms with Gasteiger partial charge in [-0.1, -0.05) is 33.1 Å². The van der Waals surface area contributed by atoms with Gasteiger partial charge >= 0.3 is 6.03 Å². The number of urea groups is 1. The van der Waals surface area contributed by atoms with Gasteiger partial charge in [0.15, 0.2) is 9.84 Å². The van der Waals surface area contributed by atoms with Crippen LogP contribution < -0.4 is 5.32 Å². The Morgan fingerprint density at radius 1 is 1.24 bits per heavy atom. The zero-order valence-electron chi connectivity index (χ0n) is 13.8. The number of unbranched alkanes of at least 4 members (excludes halogenated alkanes) is 1. The minimum atomic E-state index is -3.05.